The molecule has 1 amide bonds. The van der Waals surface area contributed by atoms with Gasteiger partial charge in [0, 0.05) is 22.5 Å². The van der Waals surface area contributed by atoms with E-state index in [9.17, 15) is 4.79 Å². The lowest BCUT2D eigenvalue weighted by Crippen LogP contribution is -2.36. The van der Waals surface area contributed by atoms with E-state index in [1.54, 1.807) is 4.90 Å². The number of carbonyl (C=O) groups excluding carboxylic acids is 1. The molecule has 8 heteroatoms. The molecule has 0 fully saturated rings. The summed E-state index contributed by atoms with van der Waals surface area (Å²) >= 11 is 4.83. The van der Waals surface area contributed by atoms with Crippen molar-refractivity contribution < 1.29 is 9.53 Å². The maximum atomic E-state index is 12.6. The van der Waals surface area contributed by atoms with Crippen LogP contribution in [0.4, 0.5) is 5.69 Å². The van der Waals surface area contributed by atoms with Crippen molar-refractivity contribution in [3.63, 3.8) is 0 Å². The number of para-hydroxylation sites is 1. The first-order valence-electron chi connectivity index (χ1n) is 8.18. The third kappa shape index (κ3) is 3.30. The number of nitrogens with zero attached hydrogens (tertiary/aromatic N) is 4. The number of halogens is 1. The van der Waals surface area contributed by atoms with Crippen LogP contribution in [-0.4, -0.2) is 27.3 Å². The van der Waals surface area contributed by atoms with Gasteiger partial charge in [-0.2, -0.15) is 4.98 Å². The average molecular weight is 443 g/mol. The number of rotatable bonds is 2. The predicted molar refractivity (Wildman–Crippen MR) is 108 cm³/mol. The van der Waals surface area contributed by atoms with Crippen molar-refractivity contribution in [2.24, 2.45) is 0 Å². The lowest BCUT2D eigenvalue weighted by molar-refractivity contribution is -0.118. The highest BCUT2D eigenvalue weighted by Gasteiger charge is 2.34. The predicted octanol–water partition coefficient (Wildman–Crippen LogP) is 4.47. The number of carbonyl (C=O) groups is 1. The monoisotopic (exact) mass is 442 g/mol. The van der Waals surface area contributed by atoms with Gasteiger partial charge in [-0.25, -0.2) is 0 Å². The molecule has 3 aromatic rings. The number of ether oxygens (including phenoxy) is 1. The molecule has 4 rings (SSSR count). The normalized spacial score (nSPS) is 15.4. The van der Waals surface area contributed by atoms with E-state index >= 15 is 0 Å². The zero-order valence-electron chi connectivity index (χ0n) is 14.6. The molecule has 0 radical (unpaired) electrons. The molecule has 1 atom stereocenters. The van der Waals surface area contributed by atoms with Gasteiger partial charge in [-0.1, -0.05) is 58.0 Å². The van der Waals surface area contributed by atoms with E-state index in [1.165, 1.54) is 18.7 Å². The Morgan fingerprint density at radius 1 is 1.15 bits per heavy atom. The Hall–Kier alpha value is -2.45. The third-order valence-electron chi connectivity index (χ3n) is 4.19. The van der Waals surface area contributed by atoms with E-state index in [-0.39, 0.29) is 5.91 Å². The van der Waals surface area contributed by atoms with Gasteiger partial charge in [0.2, 0.25) is 23.2 Å². The van der Waals surface area contributed by atoms with E-state index in [0.29, 0.717) is 22.4 Å². The standard InChI is InChI=1S/C19H15BrN4O2S/c1-11(25)24-15-6-4-3-5-14(15)16-17(21-19(27-2)23-22-16)26-18(24)12-7-9-13(20)10-8-12/h3-10,18H,1-2H3. The fourth-order valence-electron chi connectivity index (χ4n) is 2.98. The van der Waals surface area contributed by atoms with Crippen molar-refractivity contribution in [2.75, 3.05) is 11.2 Å². The Morgan fingerprint density at radius 2 is 1.89 bits per heavy atom. The van der Waals surface area contributed by atoms with Gasteiger partial charge in [-0.15, -0.1) is 10.2 Å². The van der Waals surface area contributed by atoms with Crippen molar-refractivity contribution in [2.45, 2.75) is 18.3 Å². The molecule has 27 heavy (non-hydrogen) atoms. The minimum absolute atomic E-state index is 0.138. The Morgan fingerprint density at radius 3 is 2.59 bits per heavy atom. The fraction of sp³-hybridized carbons (Fsp3) is 0.158. The SMILES string of the molecule is CSc1nnc2c(n1)OC(c1ccc(Br)cc1)N(C(C)=O)c1ccccc1-2. The van der Waals surface area contributed by atoms with Crippen LogP contribution in [0.3, 0.4) is 0 Å². The van der Waals surface area contributed by atoms with Gasteiger partial charge in [0.25, 0.3) is 0 Å². The molecular weight excluding hydrogens is 428 g/mol. The Kier molecular flexibility index (Phi) is 4.84. The lowest BCUT2D eigenvalue weighted by atomic mass is 10.1. The zero-order chi connectivity index (χ0) is 19.0. The number of fused-ring (bicyclic) bond motifs is 3. The summed E-state index contributed by atoms with van der Waals surface area (Å²) < 4.78 is 7.19. The highest BCUT2D eigenvalue weighted by Crippen LogP contribution is 2.43. The van der Waals surface area contributed by atoms with Crippen LogP contribution >= 0.6 is 27.7 Å². The highest BCUT2D eigenvalue weighted by molar-refractivity contribution is 9.10. The van der Waals surface area contributed by atoms with Crippen LogP contribution in [0.15, 0.2) is 58.2 Å². The highest BCUT2D eigenvalue weighted by atomic mass is 79.9. The number of thioether (sulfide) groups is 1. The minimum Gasteiger partial charge on any atom is -0.447 e. The van der Waals surface area contributed by atoms with Crippen LogP contribution in [0.25, 0.3) is 11.3 Å². The van der Waals surface area contributed by atoms with Crippen LogP contribution in [0, 0.1) is 0 Å². The summed E-state index contributed by atoms with van der Waals surface area (Å²) in [4.78, 5) is 18.7. The zero-order valence-corrected chi connectivity index (χ0v) is 17.0. The van der Waals surface area contributed by atoms with Crippen LogP contribution in [0.1, 0.15) is 18.7 Å². The molecule has 1 unspecified atom stereocenters. The molecule has 2 heterocycles. The third-order valence-corrected chi connectivity index (χ3v) is 5.26. The van der Waals surface area contributed by atoms with Crippen molar-refractivity contribution in [1.29, 1.82) is 0 Å². The second-order valence-corrected chi connectivity index (χ2v) is 7.57. The van der Waals surface area contributed by atoms with Crippen molar-refractivity contribution in [3.8, 4) is 17.1 Å². The molecule has 136 valence electrons. The smallest absolute Gasteiger partial charge is 0.247 e. The first-order valence-corrected chi connectivity index (χ1v) is 10.2. The van der Waals surface area contributed by atoms with E-state index in [2.05, 4.69) is 31.1 Å². The Labute approximate surface area is 169 Å². The quantitative estimate of drug-likeness (QED) is 0.545. The molecule has 0 N–H and O–H groups in total. The fourth-order valence-corrected chi connectivity index (χ4v) is 3.54. The number of anilines is 1. The van der Waals surface area contributed by atoms with Gasteiger partial charge in [-0.05, 0) is 24.5 Å². The van der Waals surface area contributed by atoms with E-state index in [1.807, 2.05) is 54.8 Å². The topological polar surface area (TPSA) is 68.2 Å². The Bertz CT molecular complexity index is 1010. The van der Waals surface area contributed by atoms with Crippen LogP contribution in [-0.2, 0) is 4.79 Å². The van der Waals surface area contributed by atoms with Gasteiger partial charge in [-0.3, -0.25) is 9.69 Å². The summed E-state index contributed by atoms with van der Waals surface area (Å²) in [6.07, 6.45) is 1.21. The number of benzene rings is 2. The summed E-state index contributed by atoms with van der Waals surface area (Å²) in [6, 6.07) is 15.2. The molecular formula is C19H15BrN4O2S. The molecule has 6 nitrogen and oxygen atoms in total. The molecule has 0 saturated heterocycles. The number of amides is 1. The summed E-state index contributed by atoms with van der Waals surface area (Å²) in [5, 5.41) is 8.98. The number of hydrogen-bond donors (Lipinski definition) is 0. The van der Waals surface area contributed by atoms with E-state index in [4.69, 9.17) is 4.74 Å². The van der Waals surface area contributed by atoms with Gasteiger partial charge in [0.05, 0.1) is 5.69 Å². The molecule has 0 aliphatic carbocycles. The first-order chi connectivity index (χ1) is 13.1. The van der Waals surface area contributed by atoms with Crippen LogP contribution in [0.2, 0.25) is 0 Å². The second-order valence-electron chi connectivity index (χ2n) is 5.88. The van der Waals surface area contributed by atoms with Gasteiger partial charge in [0.15, 0.2) is 5.69 Å². The molecule has 1 aliphatic heterocycles. The molecule has 1 aromatic heterocycles. The second kappa shape index (κ2) is 7.28. The molecule has 0 spiro atoms. The largest absolute Gasteiger partial charge is 0.447 e. The first kappa shape index (κ1) is 17.9. The molecule has 2 aromatic carbocycles. The van der Waals surface area contributed by atoms with E-state index in [0.717, 1.165) is 15.6 Å². The maximum absolute atomic E-state index is 12.6. The Balaban J connectivity index is 1.96. The summed E-state index contributed by atoms with van der Waals surface area (Å²) in [6.45, 7) is 1.52. The average Bonchev–Trinajstić information content (AvgIpc) is 2.82. The summed E-state index contributed by atoms with van der Waals surface area (Å²) in [5.41, 5.74) is 2.83. The molecule has 0 bridgehead atoms. The number of hydrogen-bond acceptors (Lipinski definition) is 6. The molecule has 1 aliphatic rings. The van der Waals surface area contributed by atoms with Gasteiger partial charge in [0.1, 0.15) is 0 Å². The molecule has 0 saturated carbocycles. The lowest BCUT2D eigenvalue weighted by Gasteiger charge is -2.29. The summed E-state index contributed by atoms with van der Waals surface area (Å²) in [7, 11) is 0. The van der Waals surface area contributed by atoms with Gasteiger partial charge >= 0.3 is 0 Å². The van der Waals surface area contributed by atoms with Crippen molar-refractivity contribution in [3.05, 3.63) is 58.6 Å². The van der Waals surface area contributed by atoms with Crippen LogP contribution in [0.5, 0.6) is 5.88 Å². The van der Waals surface area contributed by atoms with Gasteiger partial charge < -0.3 is 4.74 Å². The van der Waals surface area contributed by atoms with Crippen molar-refractivity contribution >= 4 is 39.3 Å². The van der Waals surface area contributed by atoms with Crippen LogP contribution < -0.4 is 9.64 Å². The minimum atomic E-state index is -0.663. The summed E-state index contributed by atoms with van der Waals surface area (Å²) in [5.74, 6) is 0.222. The van der Waals surface area contributed by atoms with Crippen molar-refractivity contribution in [1.82, 2.24) is 15.2 Å². The van der Waals surface area contributed by atoms with E-state index < -0.39 is 6.23 Å². The maximum Gasteiger partial charge on any atom is 0.247 e. The number of aromatic nitrogens is 3.